The molecule has 4 aromatic rings. The fraction of sp³-hybridized carbons (Fsp3) is 0.0870. The Hall–Kier alpha value is -4.05. The SMILES string of the molecule is O=C(NCc1cccc(Cn2cncn2)c1)c1ccc(S(=O)(=O)Nc2ccccc2F)cc1. The molecule has 0 saturated heterocycles. The van der Waals surface area contributed by atoms with Gasteiger partial charge in [0.15, 0.2) is 0 Å². The summed E-state index contributed by atoms with van der Waals surface area (Å²) in [5, 5.41) is 6.90. The highest BCUT2D eigenvalue weighted by molar-refractivity contribution is 7.92. The zero-order valence-corrected chi connectivity index (χ0v) is 18.2. The first-order valence-corrected chi connectivity index (χ1v) is 11.4. The van der Waals surface area contributed by atoms with E-state index in [1.165, 1.54) is 48.8 Å². The molecule has 0 saturated carbocycles. The zero-order valence-electron chi connectivity index (χ0n) is 17.3. The van der Waals surface area contributed by atoms with Gasteiger partial charge in [0.2, 0.25) is 0 Å². The van der Waals surface area contributed by atoms with Crippen LogP contribution in [0.1, 0.15) is 21.5 Å². The predicted molar refractivity (Wildman–Crippen MR) is 120 cm³/mol. The Morgan fingerprint density at radius 3 is 2.45 bits per heavy atom. The second-order valence-corrected chi connectivity index (χ2v) is 8.89. The molecule has 168 valence electrons. The molecule has 0 aliphatic heterocycles. The molecule has 1 aromatic heterocycles. The monoisotopic (exact) mass is 465 g/mol. The Kier molecular flexibility index (Phi) is 6.45. The van der Waals surface area contributed by atoms with Crippen molar-refractivity contribution < 1.29 is 17.6 Å². The summed E-state index contributed by atoms with van der Waals surface area (Å²) >= 11 is 0. The third kappa shape index (κ3) is 5.60. The number of carbonyl (C=O) groups is 1. The summed E-state index contributed by atoms with van der Waals surface area (Å²) in [5.41, 5.74) is 2.09. The second-order valence-electron chi connectivity index (χ2n) is 7.21. The number of rotatable bonds is 8. The van der Waals surface area contributed by atoms with Crippen molar-refractivity contribution >= 4 is 21.6 Å². The van der Waals surface area contributed by atoms with Gasteiger partial charge in [-0.2, -0.15) is 5.10 Å². The van der Waals surface area contributed by atoms with Gasteiger partial charge in [-0.05, 0) is 47.5 Å². The standard InChI is InChI=1S/C23H20FN5O3S/c24-21-6-1-2-7-22(21)28-33(31,32)20-10-8-19(9-11-20)23(30)26-13-17-4-3-5-18(12-17)14-29-16-25-15-27-29/h1-12,15-16,28H,13-14H2,(H,26,30). The van der Waals surface area contributed by atoms with Crippen molar-refractivity contribution in [3.05, 3.63) is 108 Å². The van der Waals surface area contributed by atoms with Crippen molar-refractivity contribution in [2.45, 2.75) is 18.0 Å². The lowest BCUT2D eigenvalue weighted by Crippen LogP contribution is -2.23. The van der Waals surface area contributed by atoms with E-state index in [9.17, 15) is 17.6 Å². The van der Waals surface area contributed by atoms with E-state index in [0.29, 0.717) is 18.7 Å². The van der Waals surface area contributed by atoms with E-state index in [0.717, 1.165) is 17.2 Å². The summed E-state index contributed by atoms with van der Waals surface area (Å²) in [4.78, 5) is 16.3. The fourth-order valence-corrected chi connectivity index (χ4v) is 4.22. The van der Waals surface area contributed by atoms with Crippen LogP contribution < -0.4 is 10.0 Å². The molecule has 0 aliphatic rings. The van der Waals surface area contributed by atoms with Crippen LogP contribution in [-0.4, -0.2) is 29.1 Å². The smallest absolute Gasteiger partial charge is 0.261 e. The normalized spacial score (nSPS) is 11.2. The van der Waals surface area contributed by atoms with Gasteiger partial charge < -0.3 is 5.32 Å². The van der Waals surface area contributed by atoms with E-state index in [1.807, 2.05) is 24.3 Å². The van der Waals surface area contributed by atoms with Crippen LogP contribution in [0.25, 0.3) is 0 Å². The van der Waals surface area contributed by atoms with Crippen molar-refractivity contribution in [1.82, 2.24) is 20.1 Å². The van der Waals surface area contributed by atoms with Gasteiger partial charge in [0, 0.05) is 12.1 Å². The summed E-state index contributed by atoms with van der Waals surface area (Å²) in [6.45, 7) is 0.873. The van der Waals surface area contributed by atoms with Gasteiger partial charge in [-0.1, -0.05) is 36.4 Å². The molecule has 3 aromatic carbocycles. The van der Waals surface area contributed by atoms with Crippen LogP contribution in [-0.2, 0) is 23.1 Å². The zero-order chi connectivity index (χ0) is 23.3. The maximum absolute atomic E-state index is 13.8. The number of nitrogens with zero attached hydrogens (tertiary/aromatic N) is 3. The highest BCUT2D eigenvalue weighted by Gasteiger charge is 2.17. The number of para-hydroxylation sites is 1. The first-order valence-electron chi connectivity index (χ1n) is 9.96. The van der Waals surface area contributed by atoms with Crippen molar-refractivity contribution in [3.63, 3.8) is 0 Å². The van der Waals surface area contributed by atoms with Crippen molar-refractivity contribution in [3.8, 4) is 0 Å². The van der Waals surface area contributed by atoms with E-state index >= 15 is 0 Å². The Balaban J connectivity index is 1.38. The maximum atomic E-state index is 13.8. The molecule has 0 unspecified atom stereocenters. The summed E-state index contributed by atoms with van der Waals surface area (Å²) in [6.07, 6.45) is 3.10. The Bertz CT molecular complexity index is 1360. The molecule has 1 amide bonds. The Morgan fingerprint density at radius 2 is 1.73 bits per heavy atom. The highest BCUT2D eigenvalue weighted by atomic mass is 32.2. The fourth-order valence-electron chi connectivity index (χ4n) is 3.16. The van der Waals surface area contributed by atoms with Gasteiger partial charge in [-0.25, -0.2) is 22.5 Å². The lowest BCUT2D eigenvalue weighted by atomic mass is 10.1. The number of benzene rings is 3. The van der Waals surface area contributed by atoms with E-state index < -0.39 is 15.8 Å². The van der Waals surface area contributed by atoms with E-state index in [2.05, 4.69) is 20.1 Å². The van der Waals surface area contributed by atoms with Crippen LogP contribution in [0.3, 0.4) is 0 Å². The summed E-state index contributed by atoms with van der Waals surface area (Å²) in [6, 6.07) is 18.6. The average molecular weight is 466 g/mol. The van der Waals surface area contributed by atoms with Crippen LogP contribution in [0.2, 0.25) is 0 Å². The Labute approximate surface area is 190 Å². The topological polar surface area (TPSA) is 106 Å². The minimum atomic E-state index is -3.99. The number of nitrogens with one attached hydrogen (secondary N) is 2. The molecule has 10 heteroatoms. The van der Waals surface area contributed by atoms with Crippen molar-refractivity contribution in [1.29, 1.82) is 0 Å². The summed E-state index contributed by atoms with van der Waals surface area (Å²) < 4.78 is 42.7. The number of carbonyl (C=O) groups excluding carboxylic acids is 1. The first-order chi connectivity index (χ1) is 15.9. The van der Waals surface area contributed by atoms with Crippen molar-refractivity contribution in [2.75, 3.05) is 4.72 Å². The number of anilines is 1. The molecule has 1 heterocycles. The lowest BCUT2D eigenvalue weighted by molar-refractivity contribution is 0.0951. The van der Waals surface area contributed by atoms with Gasteiger partial charge in [-0.3, -0.25) is 9.52 Å². The van der Waals surface area contributed by atoms with Crippen LogP contribution in [0.15, 0.2) is 90.3 Å². The molecule has 0 atom stereocenters. The average Bonchev–Trinajstić information content (AvgIpc) is 3.32. The molecule has 0 radical (unpaired) electrons. The number of sulfonamides is 1. The number of hydrogen-bond acceptors (Lipinski definition) is 5. The quantitative estimate of drug-likeness (QED) is 0.416. The van der Waals surface area contributed by atoms with Gasteiger partial charge in [0.25, 0.3) is 15.9 Å². The molecule has 8 nitrogen and oxygen atoms in total. The highest BCUT2D eigenvalue weighted by Crippen LogP contribution is 2.19. The van der Waals surface area contributed by atoms with Gasteiger partial charge in [0.1, 0.15) is 18.5 Å². The molecule has 2 N–H and O–H groups in total. The number of amides is 1. The first kappa shape index (κ1) is 22.2. The molecule has 0 bridgehead atoms. The molecular formula is C23H20FN5O3S. The molecule has 0 spiro atoms. The summed E-state index contributed by atoms with van der Waals surface area (Å²) in [7, 11) is -3.99. The minimum Gasteiger partial charge on any atom is -0.348 e. The largest absolute Gasteiger partial charge is 0.348 e. The molecule has 4 rings (SSSR count). The summed E-state index contributed by atoms with van der Waals surface area (Å²) in [5.74, 6) is -1.02. The van der Waals surface area contributed by atoms with Crippen LogP contribution in [0, 0.1) is 5.82 Å². The number of halogens is 1. The maximum Gasteiger partial charge on any atom is 0.261 e. The predicted octanol–water partition coefficient (Wildman–Crippen LogP) is 3.20. The Morgan fingerprint density at radius 1 is 0.970 bits per heavy atom. The van der Waals surface area contributed by atoms with E-state index in [4.69, 9.17) is 0 Å². The van der Waals surface area contributed by atoms with Gasteiger partial charge >= 0.3 is 0 Å². The van der Waals surface area contributed by atoms with E-state index in [-0.39, 0.29) is 16.5 Å². The van der Waals surface area contributed by atoms with Crippen LogP contribution in [0.4, 0.5) is 10.1 Å². The third-order valence-electron chi connectivity index (χ3n) is 4.80. The second kappa shape index (κ2) is 9.61. The van der Waals surface area contributed by atoms with Gasteiger partial charge in [0.05, 0.1) is 17.1 Å². The van der Waals surface area contributed by atoms with Crippen LogP contribution >= 0.6 is 0 Å². The minimum absolute atomic E-state index is 0.0804. The lowest BCUT2D eigenvalue weighted by Gasteiger charge is -2.10. The molecular weight excluding hydrogens is 445 g/mol. The molecule has 0 aliphatic carbocycles. The van der Waals surface area contributed by atoms with E-state index in [1.54, 1.807) is 11.0 Å². The molecule has 33 heavy (non-hydrogen) atoms. The number of hydrogen-bond donors (Lipinski definition) is 2. The van der Waals surface area contributed by atoms with Crippen LogP contribution in [0.5, 0.6) is 0 Å². The molecule has 0 fully saturated rings. The van der Waals surface area contributed by atoms with Crippen molar-refractivity contribution in [2.24, 2.45) is 0 Å². The van der Waals surface area contributed by atoms with Gasteiger partial charge in [-0.15, -0.1) is 0 Å². The number of aromatic nitrogens is 3. The third-order valence-corrected chi connectivity index (χ3v) is 6.18.